The van der Waals surface area contributed by atoms with Gasteiger partial charge in [0.25, 0.3) is 0 Å². The van der Waals surface area contributed by atoms with Gasteiger partial charge in [-0.25, -0.2) is 0 Å². The summed E-state index contributed by atoms with van der Waals surface area (Å²) < 4.78 is 41.6. The van der Waals surface area contributed by atoms with Gasteiger partial charge in [-0.05, 0) is 28.8 Å². The molecule has 0 saturated carbocycles. The highest BCUT2D eigenvalue weighted by atomic mass is 19.4. The van der Waals surface area contributed by atoms with Crippen LogP contribution in [0, 0.1) is 0 Å². The van der Waals surface area contributed by atoms with Crippen molar-refractivity contribution in [1.29, 1.82) is 0 Å². The van der Waals surface area contributed by atoms with Crippen LogP contribution >= 0.6 is 0 Å². The van der Waals surface area contributed by atoms with Crippen molar-refractivity contribution < 1.29 is 32.6 Å². The first kappa shape index (κ1) is 19.7. The molecular weight excluding hydrogens is 375 g/mol. The Balaban J connectivity index is 1.71. The Morgan fingerprint density at radius 1 is 1.14 bits per heavy atom. The number of carbonyl (C=O) groups is 2. The lowest BCUT2D eigenvalue weighted by atomic mass is 9.89. The number of halogens is 3. The molecule has 1 aliphatic rings. The van der Waals surface area contributed by atoms with Gasteiger partial charge < -0.3 is 14.7 Å². The average molecular weight is 393 g/mol. The molecule has 1 amide bonds. The number of rotatable bonds is 5. The van der Waals surface area contributed by atoms with Crippen molar-refractivity contribution in [1.82, 2.24) is 4.90 Å². The van der Waals surface area contributed by atoms with E-state index in [0.29, 0.717) is 17.7 Å². The first-order valence-corrected chi connectivity index (χ1v) is 8.60. The molecule has 0 radical (unpaired) electrons. The minimum absolute atomic E-state index is 0.0232. The van der Waals surface area contributed by atoms with E-state index >= 15 is 0 Å². The number of alkyl halides is 3. The Hall–Kier alpha value is -3.03. The van der Waals surface area contributed by atoms with E-state index in [1.165, 1.54) is 23.1 Å². The van der Waals surface area contributed by atoms with Crippen molar-refractivity contribution in [2.45, 2.75) is 25.1 Å². The fourth-order valence-electron chi connectivity index (χ4n) is 3.20. The molecule has 1 aliphatic heterocycles. The van der Waals surface area contributed by atoms with Gasteiger partial charge in [0.1, 0.15) is 5.75 Å². The highest BCUT2D eigenvalue weighted by molar-refractivity contribution is 5.82. The van der Waals surface area contributed by atoms with Crippen LogP contribution in [0.1, 0.15) is 22.6 Å². The molecule has 1 atom stereocenters. The van der Waals surface area contributed by atoms with E-state index in [9.17, 15) is 27.9 Å². The van der Waals surface area contributed by atoms with Gasteiger partial charge in [-0.3, -0.25) is 9.59 Å². The summed E-state index contributed by atoms with van der Waals surface area (Å²) in [7, 11) is 0. The third-order valence-corrected chi connectivity index (χ3v) is 4.50. The van der Waals surface area contributed by atoms with Gasteiger partial charge in [0.15, 0.2) is 6.61 Å². The summed E-state index contributed by atoms with van der Waals surface area (Å²) in [6, 6.07) is 13.0. The summed E-state index contributed by atoms with van der Waals surface area (Å²) in [6.45, 7) is -1.06. The number of nitrogens with zero attached hydrogens (tertiary/aromatic N) is 1. The molecule has 8 heteroatoms. The number of carboxylic acid groups (broad SMARTS) is 1. The Bertz CT molecular complexity index is 882. The van der Waals surface area contributed by atoms with E-state index in [1.807, 2.05) is 0 Å². The second-order valence-electron chi connectivity index (χ2n) is 6.59. The second-order valence-corrected chi connectivity index (χ2v) is 6.59. The molecule has 0 aliphatic carbocycles. The van der Waals surface area contributed by atoms with Crippen molar-refractivity contribution in [3.05, 3.63) is 65.2 Å². The summed E-state index contributed by atoms with van der Waals surface area (Å²) in [4.78, 5) is 25.7. The number of hydrogen-bond donors (Lipinski definition) is 1. The molecule has 5 nitrogen and oxygen atoms in total. The van der Waals surface area contributed by atoms with Crippen molar-refractivity contribution in [2.75, 3.05) is 13.2 Å². The van der Waals surface area contributed by atoms with Crippen LogP contribution in [0.15, 0.2) is 48.5 Å². The van der Waals surface area contributed by atoms with Gasteiger partial charge in [0.2, 0.25) is 5.91 Å². The van der Waals surface area contributed by atoms with Crippen LogP contribution in [0.4, 0.5) is 13.2 Å². The summed E-state index contributed by atoms with van der Waals surface area (Å²) in [5.41, 5.74) is 1.97. The number of carbonyl (C=O) groups excluding carboxylic acids is 1. The summed E-state index contributed by atoms with van der Waals surface area (Å²) >= 11 is 0. The van der Waals surface area contributed by atoms with Gasteiger partial charge in [0, 0.05) is 13.1 Å². The average Bonchev–Trinajstić information content (AvgIpc) is 2.65. The molecule has 3 rings (SSSR count). The lowest BCUT2D eigenvalue weighted by molar-refractivity contribution is -0.153. The Kier molecular flexibility index (Phi) is 5.58. The maximum absolute atomic E-state index is 12.7. The molecule has 0 spiro atoms. The molecule has 0 saturated heterocycles. The van der Waals surface area contributed by atoms with E-state index < -0.39 is 24.7 Å². The number of amides is 1. The van der Waals surface area contributed by atoms with E-state index in [1.54, 1.807) is 30.3 Å². The fraction of sp³-hybridized carbons (Fsp3) is 0.300. The Labute approximate surface area is 159 Å². The number of fused-ring (bicyclic) bond motifs is 1. The molecule has 1 N–H and O–H groups in total. The monoisotopic (exact) mass is 393 g/mol. The first-order valence-electron chi connectivity index (χ1n) is 8.60. The lowest BCUT2D eigenvalue weighted by Gasteiger charge is -2.33. The zero-order valence-corrected chi connectivity index (χ0v) is 14.8. The number of carboxylic acids is 1. The smallest absolute Gasteiger partial charge is 0.422 e. The number of benzene rings is 2. The molecule has 0 aromatic heterocycles. The number of hydrogen-bond acceptors (Lipinski definition) is 3. The molecule has 1 heterocycles. The maximum Gasteiger partial charge on any atom is 0.422 e. The van der Waals surface area contributed by atoms with Crippen LogP contribution in [0.25, 0.3) is 0 Å². The molecule has 28 heavy (non-hydrogen) atoms. The molecule has 2 aromatic rings. The lowest BCUT2D eigenvalue weighted by Crippen LogP contribution is -2.41. The minimum atomic E-state index is -4.45. The van der Waals surface area contributed by atoms with Gasteiger partial charge in [0.05, 0.1) is 12.3 Å². The summed E-state index contributed by atoms with van der Waals surface area (Å²) in [6.07, 6.45) is -4.50. The van der Waals surface area contributed by atoms with Crippen molar-refractivity contribution >= 4 is 11.9 Å². The third-order valence-electron chi connectivity index (χ3n) is 4.50. The zero-order valence-electron chi connectivity index (χ0n) is 14.8. The third kappa shape index (κ3) is 4.82. The first-order chi connectivity index (χ1) is 13.2. The quantitative estimate of drug-likeness (QED) is 0.846. The van der Waals surface area contributed by atoms with Crippen LogP contribution in [-0.2, 0) is 22.6 Å². The summed E-state index contributed by atoms with van der Waals surface area (Å²) in [5.74, 6) is -2.09. The van der Waals surface area contributed by atoms with Crippen LogP contribution in [0.3, 0.4) is 0 Å². The number of aliphatic carboxylic acids is 1. The van der Waals surface area contributed by atoms with Crippen LogP contribution in [-0.4, -0.2) is 41.2 Å². The van der Waals surface area contributed by atoms with Crippen molar-refractivity contribution in [3.8, 4) is 5.75 Å². The topological polar surface area (TPSA) is 66.8 Å². The van der Waals surface area contributed by atoms with Gasteiger partial charge in [-0.15, -0.1) is 0 Å². The van der Waals surface area contributed by atoms with E-state index in [0.717, 1.165) is 5.56 Å². The van der Waals surface area contributed by atoms with Crippen LogP contribution in [0.5, 0.6) is 5.75 Å². The fourth-order valence-corrected chi connectivity index (χ4v) is 3.20. The molecule has 1 unspecified atom stereocenters. The second kappa shape index (κ2) is 7.92. The molecule has 0 fully saturated rings. The summed E-state index contributed by atoms with van der Waals surface area (Å²) in [5, 5.41) is 9.49. The van der Waals surface area contributed by atoms with Crippen molar-refractivity contribution in [2.24, 2.45) is 0 Å². The van der Waals surface area contributed by atoms with E-state index in [2.05, 4.69) is 0 Å². The Morgan fingerprint density at radius 2 is 1.89 bits per heavy atom. The normalized spacial score (nSPS) is 16.4. The van der Waals surface area contributed by atoms with Gasteiger partial charge >= 0.3 is 12.1 Å². The zero-order chi connectivity index (χ0) is 20.3. The van der Waals surface area contributed by atoms with Crippen molar-refractivity contribution in [3.63, 3.8) is 0 Å². The number of ether oxygens (including phenoxy) is 1. The SMILES string of the molecule is O=C(O)C1CN(C(=O)Cc2cccc(OCC(F)(F)F)c2)Cc2ccccc21. The largest absolute Gasteiger partial charge is 0.484 e. The highest BCUT2D eigenvalue weighted by Crippen LogP contribution is 2.29. The maximum atomic E-state index is 12.7. The molecule has 148 valence electrons. The van der Waals surface area contributed by atoms with E-state index in [-0.39, 0.29) is 24.6 Å². The predicted molar refractivity (Wildman–Crippen MR) is 93.9 cm³/mol. The van der Waals surface area contributed by atoms with Gasteiger partial charge in [-0.1, -0.05) is 36.4 Å². The molecular formula is C20H18F3NO4. The van der Waals surface area contributed by atoms with Crippen LogP contribution in [0.2, 0.25) is 0 Å². The van der Waals surface area contributed by atoms with E-state index in [4.69, 9.17) is 4.74 Å². The minimum Gasteiger partial charge on any atom is -0.484 e. The van der Waals surface area contributed by atoms with Gasteiger partial charge in [-0.2, -0.15) is 13.2 Å². The van der Waals surface area contributed by atoms with Crippen LogP contribution < -0.4 is 4.74 Å². The standard InChI is InChI=1S/C20H18F3NO4/c21-20(22,23)12-28-15-6-3-4-13(8-15)9-18(25)24-10-14-5-1-2-7-16(14)17(11-24)19(26)27/h1-8,17H,9-12H2,(H,26,27). The Morgan fingerprint density at radius 3 is 2.61 bits per heavy atom. The predicted octanol–water partition coefficient (Wildman–Crippen LogP) is 3.38. The highest BCUT2D eigenvalue weighted by Gasteiger charge is 2.32. The molecule has 2 aromatic carbocycles. The molecule has 0 bridgehead atoms.